The van der Waals surface area contributed by atoms with Crippen LogP contribution in [-0.2, 0) is 4.74 Å². The van der Waals surface area contributed by atoms with E-state index in [2.05, 4.69) is 20.1 Å². The summed E-state index contributed by atoms with van der Waals surface area (Å²) in [5.74, 6) is 1.30. The van der Waals surface area contributed by atoms with Crippen molar-refractivity contribution in [1.82, 2.24) is 24.4 Å². The molecule has 0 radical (unpaired) electrons. The second-order valence-corrected chi connectivity index (χ2v) is 10.00. The van der Waals surface area contributed by atoms with Gasteiger partial charge in [-0.05, 0) is 63.7 Å². The van der Waals surface area contributed by atoms with E-state index in [1.807, 2.05) is 6.07 Å². The molecule has 1 aromatic carbocycles. The van der Waals surface area contributed by atoms with Crippen molar-refractivity contribution in [3.05, 3.63) is 36.2 Å². The standard InChI is InChI=1S/C26H33F2N7O/c27-24(28)25-30-20-5-1-2-6-21(20)35(25)23-17-22(34-13-15-36-16-14-34)31-26(32-23)29-18-7-9-19(10-8-18)33-11-3-4-12-33/h1-2,5-6,17-19,24H,3-4,7-16H2,(H,29,31,32). The Hall–Kier alpha value is -2.85. The van der Waals surface area contributed by atoms with Gasteiger partial charge in [0.1, 0.15) is 11.6 Å². The molecule has 1 aliphatic carbocycles. The Bertz CT molecular complexity index is 1180. The third-order valence-corrected chi connectivity index (χ3v) is 7.73. The molecular weight excluding hydrogens is 464 g/mol. The first-order valence-corrected chi connectivity index (χ1v) is 13.1. The van der Waals surface area contributed by atoms with E-state index in [9.17, 15) is 8.78 Å². The van der Waals surface area contributed by atoms with Gasteiger partial charge in [-0.15, -0.1) is 0 Å². The molecule has 4 heterocycles. The molecule has 2 aromatic heterocycles. The first-order valence-electron chi connectivity index (χ1n) is 13.1. The van der Waals surface area contributed by atoms with Gasteiger partial charge in [0, 0.05) is 31.2 Å². The van der Waals surface area contributed by atoms with E-state index < -0.39 is 6.43 Å². The SMILES string of the molecule is FC(F)c1nc2ccccc2n1-c1cc(N2CCOCC2)nc(NC2CCC(N3CCCC3)CC2)n1. The van der Waals surface area contributed by atoms with Crippen LogP contribution in [0.2, 0.25) is 0 Å². The minimum atomic E-state index is -2.73. The second-order valence-electron chi connectivity index (χ2n) is 10.00. The maximum atomic E-state index is 14.1. The number of anilines is 2. The van der Waals surface area contributed by atoms with Gasteiger partial charge in [0.15, 0.2) is 5.82 Å². The summed E-state index contributed by atoms with van der Waals surface area (Å²) in [5, 5.41) is 3.55. The molecule has 0 spiro atoms. The van der Waals surface area contributed by atoms with Gasteiger partial charge < -0.3 is 19.9 Å². The van der Waals surface area contributed by atoms with Crippen molar-refractivity contribution >= 4 is 22.8 Å². The number of ether oxygens (including phenoxy) is 1. The molecule has 2 aliphatic heterocycles. The predicted molar refractivity (Wildman–Crippen MR) is 135 cm³/mol. The van der Waals surface area contributed by atoms with E-state index in [0.717, 1.165) is 31.5 Å². The molecule has 0 atom stereocenters. The molecule has 3 aromatic rings. The van der Waals surface area contributed by atoms with E-state index in [1.54, 1.807) is 24.3 Å². The number of nitrogens with one attached hydrogen (secondary N) is 1. The molecule has 1 N–H and O–H groups in total. The highest BCUT2D eigenvalue weighted by molar-refractivity contribution is 5.78. The number of morpholine rings is 1. The minimum absolute atomic E-state index is 0.269. The fraction of sp³-hybridized carbons (Fsp3) is 0.577. The number of benzene rings is 1. The summed E-state index contributed by atoms with van der Waals surface area (Å²) >= 11 is 0. The summed E-state index contributed by atoms with van der Waals surface area (Å²) in [6.07, 6.45) is 4.33. The largest absolute Gasteiger partial charge is 0.378 e. The Labute approximate surface area is 209 Å². The summed E-state index contributed by atoms with van der Waals surface area (Å²) < 4.78 is 35.1. The van der Waals surface area contributed by atoms with Gasteiger partial charge in [0.25, 0.3) is 6.43 Å². The van der Waals surface area contributed by atoms with Gasteiger partial charge >= 0.3 is 0 Å². The van der Waals surface area contributed by atoms with Crippen LogP contribution in [0.4, 0.5) is 20.5 Å². The molecule has 6 rings (SSSR count). The molecule has 1 saturated carbocycles. The number of imidazole rings is 1. The maximum absolute atomic E-state index is 14.1. The molecule has 3 fully saturated rings. The van der Waals surface area contributed by atoms with Crippen molar-refractivity contribution in [2.75, 3.05) is 49.6 Å². The molecule has 2 saturated heterocycles. The number of nitrogens with zero attached hydrogens (tertiary/aromatic N) is 6. The van der Waals surface area contributed by atoms with Gasteiger partial charge in [-0.25, -0.2) is 13.8 Å². The number of rotatable bonds is 6. The first kappa shape index (κ1) is 23.5. The van der Waals surface area contributed by atoms with Crippen LogP contribution in [0.15, 0.2) is 30.3 Å². The summed E-state index contributed by atoms with van der Waals surface area (Å²) in [7, 11) is 0. The maximum Gasteiger partial charge on any atom is 0.296 e. The van der Waals surface area contributed by atoms with Gasteiger partial charge in [-0.2, -0.15) is 9.97 Å². The Morgan fingerprint density at radius 3 is 2.36 bits per heavy atom. The molecular formula is C26H33F2N7O. The van der Waals surface area contributed by atoms with E-state index in [4.69, 9.17) is 14.7 Å². The zero-order chi connectivity index (χ0) is 24.5. The second kappa shape index (κ2) is 10.3. The molecule has 8 nitrogen and oxygen atoms in total. The van der Waals surface area contributed by atoms with Crippen LogP contribution in [0.25, 0.3) is 16.9 Å². The Kier molecular flexibility index (Phi) is 6.71. The lowest BCUT2D eigenvalue weighted by Crippen LogP contribution is -2.39. The van der Waals surface area contributed by atoms with E-state index >= 15 is 0 Å². The van der Waals surface area contributed by atoms with Crippen molar-refractivity contribution in [2.45, 2.75) is 57.0 Å². The molecule has 0 bridgehead atoms. The number of para-hydroxylation sites is 2. The van der Waals surface area contributed by atoms with Crippen molar-refractivity contribution in [2.24, 2.45) is 0 Å². The van der Waals surface area contributed by atoms with Crippen LogP contribution in [-0.4, -0.2) is 75.9 Å². The van der Waals surface area contributed by atoms with Crippen molar-refractivity contribution in [3.8, 4) is 5.82 Å². The van der Waals surface area contributed by atoms with Crippen LogP contribution in [0.1, 0.15) is 50.8 Å². The number of hydrogen-bond donors (Lipinski definition) is 1. The number of aromatic nitrogens is 4. The quantitative estimate of drug-likeness (QED) is 0.541. The van der Waals surface area contributed by atoms with Gasteiger partial charge in [-0.3, -0.25) is 4.57 Å². The summed E-state index contributed by atoms with van der Waals surface area (Å²) in [6.45, 7) is 5.06. The number of hydrogen-bond acceptors (Lipinski definition) is 7. The Morgan fingerprint density at radius 2 is 1.61 bits per heavy atom. The monoisotopic (exact) mass is 497 g/mol. The fourth-order valence-electron chi connectivity index (χ4n) is 5.86. The number of alkyl halides is 2. The predicted octanol–water partition coefficient (Wildman–Crippen LogP) is 4.41. The molecule has 0 amide bonds. The molecule has 3 aliphatic rings. The van der Waals surface area contributed by atoms with Crippen molar-refractivity contribution in [1.29, 1.82) is 0 Å². The zero-order valence-electron chi connectivity index (χ0n) is 20.5. The Balaban J connectivity index is 1.32. The third kappa shape index (κ3) is 4.76. The number of fused-ring (bicyclic) bond motifs is 1. The van der Waals surface area contributed by atoms with Crippen LogP contribution >= 0.6 is 0 Å². The Morgan fingerprint density at radius 1 is 0.889 bits per heavy atom. The van der Waals surface area contributed by atoms with Crippen LogP contribution in [0.3, 0.4) is 0 Å². The summed E-state index contributed by atoms with van der Waals surface area (Å²) in [5.41, 5.74) is 1.13. The van der Waals surface area contributed by atoms with E-state index in [0.29, 0.717) is 55.1 Å². The third-order valence-electron chi connectivity index (χ3n) is 7.73. The molecule has 10 heteroatoms. The smallest absolute Gasteiger partial charge is 0.296 e. The minimum Gasteiger partial charge on any atom is -0.378 e. The number of halogens is 2. The van der Waals surface area contributed by atoms with Crippen LogP contribution in [0.5, 0.6) is 0 Å². The summed E-state index contributed by atoms with van der Waals surface area (Å²) in [4.78, 5) is 18.6. The fourth-order valence-corrected chi connectivity index (χ4v) is 5.86. The lowest BCUT2D eigenvalue weighted by atomic mass is 9.90. The van der Waals surface area contributed by atoms with Crippen molar-refractivity contribution < 1.29 is 13.5 Å². The van der Waals surface area contributed by atoms with Gasteiger partial charge in [-0.1, -0.05) is 12.1 Å². The highest BCUT2D eigenvalue weighted by atomic mass is 19.3. The topological polar surface area (TPSA) is 71.3 Å². The van der Waals surface area contributed by atoms with E-state index in [-0.39, 0.29) is 11.9 Å². The normalized spacial score (nSPS) is 23.6. The molecule has 36 heavy (non-hydrogen) atoms. The zero-order valence-corrected chi connectivity index (χ0v) is 20.5. The highest BCUT2D eigenvalue weighted by Gasteiger charge is 2.28. The first-order chi connectivity index (χ1) is 17.7. The highest BCUT2D eigenvalue weighted by Crippen LogP contribution is 2.31. The summed E-state index contributed by atoms with van der Waals surface area (Å²) in [6, 6.07) is 9.92. The average Bonchev–Trinajstić information content (AvgIpc) is 3.58. The molecule has 0 unspecified atom stereocenters. The lowest BCUT2D eigenvalue weighted by molar-refractivity contribution is 0.122. The van der Waals surface area contributed by atoms with Crippen LogP contribution in [0, 0.1) is 0 Å². The van der Waals surface area contributed by atoms with Gasteiger partial charge in [0.05, 0.1) is 24.2 Å². The van der Waals surface area contributed by atoms with E-state index in [1.165, 1.54) is 30.5 Å². The average molecular weight is 498 g/mol. The molecule has 192 valence electrons. The number of likely N-dealkylation sites (tertiary alicyclic amines) is 1. The lowest BCUT2D eigenvalue weighted by Gasteiger charge is -2.35. The van der Waals surface area contributed by atoms with Gasteiger partial charge in [0.2, 0.25) is 5.95 Å². The van der Waals surface area contributed by atoms with Crippen LogP contribution < -0.4 is 10.2 Å². The van der Waals surface area contributed by atoms with Crippen molar-refractivity contribution in [3.63, 3.8) is 0 Å².